The third kappa shape index (κ3) is 3.95. The van der Waals surface area contributed by atoms with Crippen LogP contribution < -0.4 is 5.32 Å². The molecule has 1 heterocycles. The lowest BCUT2D eigenvalue weighted by atomic mass is 9.97. The Morgan fingerprint density at radius 3 is 2.40 bits per heavy atom. The van der Waals surface area contributed by atoms with E-state index in [1.165, 1.54) is 13.8 Å². The van der Waals surface area contributed by atoms with Crippen molar-refractivity contribution in [3.05, 3.63) is 0 Å². The second-order valence-electron chi connectivity index (χ2n) is 6.55. The topological polar surface area (TPSA) is 66.5 Å². The molecule has 1 atom stereocenters. The summed E-state index contributed by atoms with van der Waals surface area (Å²) < 4.78 is 22.3. The van der Waals surface area contributed by atoms with E-state index in [-0.39, 0.29) is 11.9 Å². The molecule has 0 aromatic rings. The van der Waals surface area contributed by atoms with Crippen LogP contribution in [0.3, 0.4) is 0 Å². The molecule has 5 nitrogen and oxygen atoms in total. The molecule has 1 N–H and O–H groups in total. The monoisotopic (exact) mass is 304 g/mol. The molecule has 0 aliphatic carbocycles. The number of hydrogen-bond acceptors (Lipinski definition) is 4. The molecule has 1 rings (SSSR count). The van der Waals surface area contributed by atoms with Gasteiger partial charge < -0.3 is 10.2 Å². The van der Waals surface area contributed by atoms with Crippen LogP contribution >= 0.6 is 0 Å². The Hall–Kier alpha value is -0.620. The molecule has 118 valence electrons. The van der Waals surface area contributed by atoms with Crippen LogP contribution in [0.5, 0.6) is 0 Å². The highest BCUT2D eigenvalue weighted by Gasteiger charge is 2.42. The van der Waals surface area contributed by atoms with E-state index in [0.29, 0.717) is 12.5 Å². The van der Waals surface area contributed by atoms with Crippen molar-refractivity contribution in [2.24, 2.45) is 5.92 Å². The van der Waals surface area contributed by atoms with Crippen LogP contribution in [0.2, 0.25) is 0 Å². The first-order valence-electron chi connectivity index (χ1n) is 7.28. The molecule has 1 amide bonds. The minimum Gasteiger partial charge on any atom is -0.339 e. The van der Waals surface area contributed by atoms with E-state index < -0.39 is 14.6 Å². The fraction of sp³-hybridized carbons (Fsp3) is 0.929. The lowest BCUT2D eigenvalue weighted by Crippen LogP contribution is -2.54. The smallest absolute Gasteiger partial charge is 0.243 e. The number of carbonyl (C=O) groups is 1. The second kappa shape index (κ2) is 6.43. The Morgan fingerprint density at radius 1 is 1.40 bits per heavy atom. The van der Waals surface area contributed by atoms with E-state index in [1.54, 1.807) is 4.90 Å². The molecular weight excluding hydrogens is 276 g/mol. The van der Waals surface area contributed by atoms with Crippen LogP contribution in [-0.4, -0.2) is 55.9 Å². The minimum absolute atomic E-state index is 0.00505. The molecule has 1 aliphatic heterocycles. The third-order valence-corrected chi connectivity index (χ3v) is 6.21. The van der Waals surface area contributed by atoms with Crippen molar-refractivity contribution >= 4 is 15.7 Å². The summed E-state index contributed by atoms with van der Waals surface area (Å²) >= 11 is 0. The van der Waals surface area contributed by atoms with Crippen LogP contribution in [-0.2, 0) is 14.6 Å². The van der Waals surface area contributed by atoms with Gasteiger partial charge in [0.2, 0.25) is 5.91 Å². The predicted molar refractivity (Wildman–Crippen MR) is 81.4 cm³/mol. The fourth-order valence-corrected chi connectivity index (χ4v) is 2.83. The average molecular weight is 304 g/mol. The number of piperidine rings is 1. The van der Waals surface area contributed by atoms with Gasteiger partial charge in [-0.1, -0.05) is 0 Å². The Morgan fingerprint density at radius 2 is 2.00 bits per heavy atom. The van der Waals surface area contributed by atoms with Crippen LogP contribution in [0.4, 0.5) is 0 Å². The highest BCUT2D eigenvalue weighted by molar-refractivity contribution is 7.92. The summed E-state index contributed by atoms with van der Waals surface area (Å²) in [5, 5.41) is 3.33. The van der Waals surface area contributed by atoms with Crippen molar-refractivity contribution in [1.29, 1.82) is 0 Å². The Balaban J connectivity index is 2.88. The molecule has 0 bridgehead atoms. The van der Waals surface area contributed by atoms with E-state index >= 15 is 0 Å². The molecule has 0 radical (unpaired) electrons. The van der Waals surface area contributed by atoms with Crippen molar-refractivity contribution in [3.63, 3.8) is 0 Å². The van der Waals surface area contributed by atoms with E-state index in [2.05, 4.69) is 5.32 Å². The average Bonchev–Trinajstić information content (AvgIpc) is 2.34. The zero-order chi connectivity index (χ0) is 15.6. The van der Waals surface area contributed by atoms with Crippen LogP contribution in [0.15, 0.2) is 0 Å². The second-order valence-corrected chi connectivity index (χ2v) is 9.11. The Kier molecular flexibility index (Phi) is 5.61. The summed E-state index contributed by atoms with van der Waals surface area (Å²) in [4.78, 5) is 14.4. The van der Waals surface area contributed by atoms with Crippen molar-refractivity contribution in [1.82, 2.24) is 10.2 Å². The van der Waals surface area contributed by atoms with Gasteiger partial charge in [-0.15, -0.1) is 0 Å². The summed E-state index contributed by atoms with van der Waals surface area (Å²) in [6.45, 7) is 9.43. The maximum absolute atomic E-state index is 12.7. The molecule has 0 spiro atoms. The van der Waals surface area contributed by atoms with E-state index in [0.717, 1.165) is 32.2 Å². The van der Waals surface area contributed by atoms with Crippen LogP contribution in [0, 0.1) is 5.92 Å². The van der Waals surface area contributed by atoms with Gasteiger partial charge in [-0.05, 0) is 59.5 Å². The highest BCUT2D eigenvalue weighted by Crippen LogP contribution is 2.22. The lowest BCUT2D eigenvalue weighted by molar-refractivity contribution is -0.135. The number of sulfone groups is 1. The Labute approximate surface area is 123 Å². The molecule has 1 saturated heterocycles. The Bertz CT molecular complexity index is 437. The first kappa shape index (κ1) is 17.4. The van der Waals surface area contributed by atoms with Crippen molar-refractivity contribution in [2.45, 2.75) is 51.3 Å². The zero-order valence-electron chi connectivity index (χ0n) is 13.3. The molecule has 1 unspecified atom stereocenters. The first-order valence-corrected chi connectivity index (χ1v) is 9.18. The maximum atomic E-state index is 12.7. The molecule has 1 aliphatic rings. The van der Waals surface area contributed by atoms with Gasteiger partial charge in [-0.3, -0.25) is 4.79 Å². The standard InChI is InChI=1S/C14H28N2O3S/c1-11(2)16(10-12-7-6-8-15-9-12)13(17)14(3,4)20(5,18)19/h11-12,15H,6-10H2,1-5H3. The molecule has 6 heteroatoms. The van der Waals surface area contributed by atoms with Gasteiger partial charge in [-0.25, -0.2) is 8.42 Å². The summed E-state index contributed by atoms with van der Waals surface area (Å²) in [7, 11) is -3.43. The summed E-state index contributed by atoms with van der Waals surface area (Å²) in [5.74, 6) is 0.117. The third-order valence-electron chi connectivity index (χ3n) is 4.18. The van der Waals surface area contributed by atoms with Gasteiger partial charge in [0.1, 0.15) is 4.75 Å². The van der Waals surface area contributed by atoms with E-state index in [4.69, 9.17) is 0 Å². The van der Waals surface area contributed by atoms with Crippen molar-refractivity contribution < 1.29 is 13.2 Å². The van der Waals surface area contributed by atoms with Gasteiger partial charge in [-0.2, -0.15) is 0 Å². The molecule has 0 aromatic carbocycles. The SMILES string of the molecule is CC(C)N(CC1CCCNC1)C(=O)C(C)(C)S(C)(=O)=O. The van der Waals surface area contributed by atoms with Gasteiger partial charge in [0.25, 0.3) is 0 Å². The van der Waals surface area contributed by atoms with E-state index in [9.17, 15) is 13.2 Å². The quantitative estimate of drug-likeness (QED) is 0.824. The highest BCUT2D eigenvalue weighted by atomic mass is 32.2. The zero-order valence-corrected chi connectivity index (χ0v) is 14.1. The normalized spacial score (nSPS) is 21.0. The summed E-state index contributed by atoms with van der Waals surface area (Å²) in [5.41, 5.74) is 0. The maximum Gasteiger partial charge on any atom is 0.243 e. The number of amides is 1. The number of nitrogens with zero attached hydrogens (tertiary/aromatic N) is 1. The van der Waals surface area contributed by atoms with Crippen LogP contribution in [0.25, 0.3) is 0 Å². The predicted octanol–water partition coefficient (Wildman–Crippen LogP) is 1.05. The largest absolute Gasteiger partial charge is 0.339 e. The minimum atomic E-state index is -3.43. The van der Waals surface area contributed by atoms with Crippen LogP contribution in [0.1, 0.15) is 40.5 Å². The van der Waals surface area contributed by atoms with Crippen molar-refractivity contribution in [3.8, 4) is 0 Å². The van der Waals surface area contributed by atoms with Crippen molar-refractivity contribution in [2.75, 3.05) is 25.9 Å². The fourth-order valence-electron chi connectivity index (χ4n) is 2.39. The molecular formula is C14H28N2O3S. The summed E-state index contributed by atoms with van der Waals surface area (Å²) in [6.07, 6.45) is 3.33. The lowest BCUT2D eigenvalue weighted by Gasteiger charge is -2.37. The molecule has 0 saturated carbocycles. The van der Waals surface area contributed by atoms with Gasteiger partial charge >= 0.3 is 0 Å². The summed E-state index contributed by atoms with van der Waals surface area (Å²) in [6, 6.07) is 0.00505. The number of rotatable bonds is 5. The molecule has 0 aromatic heterocycles. The number of nitrogens with one attached hydrogen (secondary N) is 1. The first-order chi connectivity index (χ1) is 9.07. The molecule has 1 fully saturated rings. The van der Waals surface area contributed by atoms with Gasteiger partial charge in [0.05, 0.1) is 0 Å². The van der Waals surface area contributed by atoms with Gasteiger partial charge in [0, 0.05) is 18.8 Å². The number of carbonyl (C=O) groups excluding carboxylic acids is 1. The van der Waals surface area contributed by atoms with Gasteiger partial charge in [0.15, 0.2) is 9.84 Å². The van der Waals surface area contributed by atoms with E-state index in [1.807, 2.05) is 13.8 Å². The number of hydrogen-bond donors (Lipinski definition) is 1. The molecule has 20 heavy (non-hydrogen) atoms.